The maximum atomic E-state index is 12.3. The maximum Gasteiger partial charge on any atom is 0.306 e. The van der Waals surface area contributed by atoms with E-state index in [1.54, 1.807) is 0 Å². The first-order valence-corrected chi connectivity index (χ1v) is 6.46. The van der Waals surface area contributed by atoms with E-state index in [1.165, 1.54) is 17.0 Å². The van der Waals surface area contributed by atoms with Crippen LogP contribution in [0.15, 0.2) is 18.2 Å². The summed E-state index contributed by atoms with van der Waals surface area (Å²) in [5, 5.41) is 19.7. The molecule has 1 aliphatic heterocycles. The van der Waals surface area contributed by atoms with Crippen molar-refractivity contribution in [1.29, 1.82) is 0 Å². The fourth-order valence-electron chi connectivity index (χ4n) is 2.35. The lowest BCUT2D eigenvalue weighted by molar-refractivity contribution is -0.383. The molecule has 3 N–H and O–H groups in total. The molecular weight excluding hydrogens is 278 g/mol. The van der Waals surface area contributed by atoms with E-state index in [0.29, 0.717) is 25.9 Å². The second-order valence-electron chi connectivity index (χ2n) is 4.94. The number of carboxylic acid groups (broad SMARTS) is 1. The van der Waals surface area contributed by atoms with Crippen molar-refractivity contribution in [2.45, 2.75) is 12.8 Å². The molecule has 1 fully saturated rings. The number of carboxylic acids is 1. The first-order chi connectivity index (χ1) is 9.90. The van der Waals surface area contributed by atoms with Gasteiger partial charge in [-0.2, -0.15) is 0 Å². The van der Waals surface area contributed by atoms with Gasteiger partial charge in [0.2, 0.25) is 0 Å². The van der Waals surface area contributed by atoms with Gasteiger partial charge in [0.15, 0.2) is 0 Å². The number of nitro groups is 1. The smallest absolute Gasteiger partial charge is 0.306 e. The number of hydrogen-bond acceptors (Lipinski definition) is 5. The predicted molar refractivity (Wildman–Crippen MR) is 73.8 cm³/mol. The number of piperidine rings is 1. The van der Waals surface area contributed by atoms with Crippen LogP contribution in [0.25, 0.3) is 0 Å². The molecule has 0 atom stereocenters. The Morgan fingerprint density at radius 2 is 1.95 bits per heavy atom. The number of aliphatic carboxylic acids is 1. The molecule has 1 saturated heterocycles. The number of nitrogens with zero attached hydrogens (tertiary/aromatic N) is 2. The number of nitrogen functional groups attached to an aromatic ring is 1. The molecule has 8 nitrogen and oxygen atoms in total. The Hall–Kier alpha value is -2.64. The molecule has 21 heavy (non-hydrogen) atoms. The first kappa shape index (κ1) is 14.8. The average molecular weight is 293 g/mol. The van der Waals surface area contributed by atoms with Gasteiger partial charge in [-0.15, -0.1) is 0 Å². The maximum absolute atomic E-state index is 12.3. The fraction of sp³-hybridized carbons (Fsp3) is 0.385. The zero-order chi connectivity index (χ0) is 15.6. The molecule has 0 unspecified atom stereocenters. The van der Waals surface area contributed by atoms with Crippen LogP contribution in [0, 0.1) is 16.0 Å². The normalized spacial score (nSPS) is 15.7. The molecule has 112 valence electrons. The van der Waals surface area contributed by atoms with Crippen molar-refractivity contribution >= 4 is 23.3 Å². The van der Waals surface area contributed by atoms with Crippen LogP contribution in [0.2, 0.25) is 0 Å². The zero-order valence-corrected chi connectivity index (χ0v) is 11.2. The highest BCUT2D eigenvalue weighted by Crippen LogP contribution is 2.24. The van der Waals surface area contributed by atoms with E-state index in [0.717, 1.165) is 6.07 Å². The van der Waals surface area contributed by atoms with Gasteiger partial charge in [-0.05, 0) is 25.0 Å². The fourth-order valence-corrected chi connectivity index (χ4v) is 2.35. The van der Waals surface area contributed by atoms with Gasteiger partial charge < -0.3 is 15.7 Å². The number of hydrogen-bond donors (Lipinski definition) is 2. The molecule has 8 heteroatoms. The van der Waals surface area contributed by atoms with Gasteiger partial charge >= 0.3 is 5.97 Å². The number of nitro benzene ring substituents is 1. The summed E-state index contributed by atoms with van der Waals surface area (Å²) in [6.45, 7) is 0.655. The molecule has 1 aromatic carbocycles. The van der Waals surface area contributed by atoms with Crippen LogP contribution in [0.5, 0.6) is 0 Å². The monoisotopic (exact) mass is 293 g/mol. The highest BCUT2D eigenvalue weighted by molar-refractivity contribution is 5.95. The van der Waals surface area contributed by atoms with Gasteiger partial charge in [0, 0.05) is 24.7 Å². The van der Waals surface area contributed by atoms with Crippen LogP contribution in [-0.2, 0) is 4.79 Å². The van der Waals surface area contributed by atoms with Crippen LogP contribution in [0.1, 0.15) is 23.2 Å². The molecule has 0 aliphatic carbocycles. The van der Waals surface area contributed by atoms with Crippen LogP contribution in [0.3, 0.4) is 0 Å². The molecular formula is C13H15N3O5. The second-order valence-corrected chi connectivity index (χ2v) is 4.94. The van der Waals surface area contributed by atoms with Crippen molar-refractivity contribution in [1.82, 2.24) is 4.90 Å². The number of carbonyl (C=O) groups is 2. The van der Waals surface area contributed by atoms with Gasteiger partial charge in [0.1, 0.15) is 5.69 Å². The topological polar surface area (TPSA) is 127 Å². The number of amides is 1. The molecule has 1 heterocycles. The quantitative estimate of drug-likeness (QED) is 0.488. The van der Waals surface area contributed by atoms with E-state index in [-0.39, 0.29) is 22.8 Å². The Labute approximate surface area is 120 Å². The molecule has 1 aliphatic rings. The summed E-state index contributed by atoms with van der Waals surface area (Å²) in [5.41, 5.74) is 5.37. The molecule has 1 amide bonds. The van der Waals surface area contributed by atoms with Crippen molar-refractivity contribution in [2.24, 2.45) is 5.92 Å². The van der Waals surface area contributed by atoms with Gasteiger partial charge in [-0.1, -0.05) is 0 Å². The Balaban J connectivity index is 2.13. The molecule has 0 bridgehead atoms. The van der Waals surface area contributed by atoms with E-state index in [2.05, 4.69) is 0 Å². The minimum absolute atomic E-state index is 0.00105. The number of nitrogens with two attached hydrogens (primary N) is 1. The van der Waals surface area contributed by atoms with Crippen molar-refractivity contribution in [3.63, 3.8) is 0 Å². The molecule has 0 spiro atoms. The highest BCUT2D eigenvalue weighted by Gasteiger charge is 2.28. The minimum atomic E-state index is -0.856. The highest BCUT2D eigenvalue weighted by atomic mass is 16.6. The summed E-state index contributed by atoms with van der Waals surface area (Å²) in [6, 6.07) is 3.92. The van der Waals surface area contributed by atoms with Crippen LogP contribution < -0.4 is 5.73 Å². The largest absolute Gasteiger partial charge is 0.481 e. The summed E-state index contributed by atoms with van der Waals surface area (Å²) in [7, 11) is 0. The van der Waals surface area contributed by atoms with Crippen molar-refractivity contribution in [3.8, 4) is 0 Å². The number of carbonyl (C=O) groups excluding carboxylic acids is 1. The lowest BCUT2D eigenvalue weighted by atomic mass is 9.96. The van der Waals surface area contributed by atoms with Gasteiger partial charge in [-0.3, -0.25) is 19.7 Å². The Morgan fingerprint density at radius 1 is 1.33 bits per heavy atom. The van der Waals surface area contributed by atoms with E-state index in [1.807, 2.05) is 0 Å². The molecule has 0 aromatic heterocycles. The Bertz CT molecular complexity index is 593. The van der Waals surface area contributed by atoms with Crippen molar-refractivity contribution in [3.05, 3.63) is 33.9 Å². The third kappa shape index (κ3) is 3.10. The minimum Gasteiger partial charge on any atom is -0.481 e. The van der Waals surface area contributed by atoms with Crippen molar-refractivity contribution < 1.29 is 19.6 Å². The summed E-state index contributed by atoms with van der Waals surface area (Å²) in [4.78, 5) is 34.8. The summed E-state index contributed by atoms with van der Waals surface area (Å²) in [5.74, 6) is -1.64. The summed E-state index contributed by atoms with van der Waals surface area (Å²) < 4.78 is 0. The molecule has 0 saturated carbocycles. The number of likely N-dealkylation sites (tertiary alicyclic amines) is 1. The van der Waals surface area contributed by atoms with Crippen LogP contribution in [0.4, 0.5) is 11.4 Å². The number of rotatable bonds is 3. The predicted octanol–water partition coefficient (Wildman–Crippen LogP) is 1.11. The average Bonchev–Trinajstić information content (AvgIpc) is 2.46. The van der Waals surface area contributed by atoms with Gasteiger partial charge in [0.25, 0.3) is 11.6 Å². The number of anilines is 1. The molecule has 1 aromatic rings. The summed E-state index contributed by atoms with van der Waals surface area (Å²) >= 11 is 0. The van der Waals surface area contributed by atoms with E-state index < -0.39 is 16.8 Å². The lowest BCUT2D eigenvalue weighted by Gasteiger charge is -2.30. The SMILES string of the molecule is Nc1ccc(C(=O)N2CCC(C(=O)O)CC2)cc1[N+](=O)[O-]. The third-order valence-electron chi connectivity index (χ3n) is 3.61. The zero-order valence-electron chi connectivity index (χ0n) is 11.2. The van der Waals surface area contributed by atoms with Gasteiger partial charge in [0.05, 0.1) is 10.8 Å². The van der Waals surface area contributed by atoms with Crippen molar-refractivity contribution in [2.75, 3.05) is 18.8 Å². The third-order valence-corrected chi connectivity index (χ3v) is 3.61. The molecule has 2 rings (SSSR count). The first-order valence-electron chi connectivity index (χ1n) is 6.46. The van der Waals surface area contributed by atoms with E-state index >= 15 is 0 Å². The number of benzene rings is 1. The standard InChI is InChI=1S/C13H15N3O5/c14-10-2-1-9(7-11(10)16(20)21)12(17)15-5-3-8(4-6-15)13(18)19/h1-2,7-8H,3-6,14H2,(H,18,19). The Kier molecular flexibility index (Phi) is 4.06. The summed E-state index contributed by atoms with van der Waals surface area (Å²) in [6.07, 6.45) is 0.774. The van der Waals surface area contributed by atoms with Crippen LogP contribution in [-0.4, -0.2) is 39.9 Å². The second kappa shape index (κ2) is 5.78. The Morgan fingerprint density at radius 3 is 2.48 bits per heavy atom. The van der Waals surface area contributed by atoms with E-state index in [9.17, 15) is 19.7 Å². The molecule has 0 radical (unpaired) electrons. The lowest BCUT2D eigenvalue weighted by Crippen LogP contribution is -2.40. The van der Waals surface area contributed by atoms with Gasteiger partial charge in [-0.25, -0.2) is 0 Å². The van der Waals surface area contributed by atoms with Crippen LogP contribution >= 0.6 is 0 Å². The van der Waals surface area contributed by atoms with E-state index in [4.69, 9.17) is 10.8 Å².